The molecule has 5 aromatic rings. The van der Waals surface area contributed by atoms with Gasteiger partial charge in [0.1, 0.15) is 21.5 Å². The summed E-state index contributed by atoms with van der Waals surface area (Å²) in [6.45, 7) is 0. The molecule has 0 aliphatic heterocycles. The third-order valence-electron chi connectivity index (χ3n) is 6.63. The Kier molecular flexibility index (Phi) is 6.46. The number of carbonyl (C=O) groups is 1. The highest BCUT2D eigenvalue weighted by atomic mass is 35.5. The first-order valence-electron chi connectivity index (χ1n) is 12.0. The van der Waals surface area contributed by atoms with Crippen LogP contribution >= 0.6 is 22.9 Å². The van der Waals surface area contributed by atoms with Crippen molar-refractivity contribution >= 4 is 28.9 Å². The molecule has 1 aliphatic rings. The fourth-order valence-corrected chi connectivity index (χ4v) is 5.51. The van der Waals surface area contributed by atoms with Crippen LogP contribution in [0.1, 0.15) is 46.4 Å². The number of thiophene rings is 1. The number of aromatic amines is 2. The lowest BCUT2D eigenvalue weighted by Gasteiger charge is -2.15. The Hall–Kier alpha value is -3.96. The lowest BCUT2D eigenvalue weighted by Crippen LogP contribution is -2.32. The van der Waals surface area contributed by atoms with Crippen molar-refractivity contribution in [1.29, 1.82) is 0 Å². The number of benzene rings is 1. The van der Waals surface area contributed by atoms with E-state index in [2.05, 4.69) is 30.2 Å². The number of tetrazole rings is 1. The van der Waals surface area contributed by atoms with Gasteiger partial charge in [-0.1, -0.05) is 35.7 Å². The van der Waals surface area contributed by atoms with Crippen LogP contribution in [0.4, 0.5) is 4.39 Å². The minimum atomic E-state index is -0.695. The molecule has 0 radical (unpaired) electrons. The smallest absolute Gasteiger partial charge is 0.351 e. The van der Waals surface area contributed by atoms with Gasteiger partial charge in [-0.2, -0.15) is 0 Å². The van der Waals surface area contributed by atoms with E-state index in [1.807, 2.05) is 30.5 Å². The molecular weight excluding hydrogens is 529 g/mol. The predicted molar refractivity (Wildman–Crippen MR) is 139 cm³/mol. The van der Waals surface area contributed by atoms with Gasteiger partial charge in [0.2, 0.25) is 0 Å². The van der Waals surface area contributed by atoms with Gasteiger partial charge >= 0.3 is 5.97 Å². The maximum atomic E-state index is 14.9. The topological polar surface area (TPSA) is 113 Å². The van der Waals surface area contributed by atoms with Gasteiger partial charge in [-0.3, -0.25) is 4.98 Å². The molecule has 1 aromatic carbocycles. The summed E-state index contributed by atoms with van der Waals surface area (Å²) in [5, 5.41) is 12.7. The van der Waals surface area contributed by atoms with Gasteiger partial charge in [0.15, 0.2) is 11.0 Å². The van der Waals surface area contributed by atoms with Gasteiger partial charge in [-0.05, 0) is 36.6 Å². The summed E-state index contributed by atoms with van der Waals surface area (Å²) in [6, 6.07) is 9.57. The summed E-state index contributed by atoms with van der Waals surface area (Å²) in [5.74, 6) is -0.0833. The molecule has 1 aliphatic carbocycles. The molecular formula is C26H22ClFN7O2S+. The molecule has 0 spiro atoms. The zero-order valence-electron chi connectivity index (χ0n) is 20.2. The first-order chi connectivity index (χ1) is 18.5. The molecule has 1 saturated carbocycles. The Morgan fingerprint density at radius 2 is 2.11 bits per heavy atom. The second-order valence-corrected chi connectivity index (χ2v) is 10.4. The maximum Gasteiger partial charge on any atom is 0.351 e. The minimum Gasteiger partial charge on any atom is -0.465 e. The first kappa shape index (κ1) is 24.4. The summed E-state index contributed by atoms with van der Waals surface area (Å²) in [5.41, 5.74) is 4.26. The Morgan fingerprint density at radius 1 is 1.24 bits per heavy atom. The van der Waals surface area contributed by atoms with E-state index in [4.69, 9.17) is 16.6 Å². The van der Waals surface area contributed by atoms with Gasteiger partial charge in [-0.25, -0.2) is 14.2 Å². The number of rotatable bonds is 8. The average molecular weight is 551 g/mol. The molecule has 1 unspecified atom stereocenters. The number of hydrogen-bond acceptors (Lipinski definition) is 7. The van der Waals surface area contributed by atoms with Crippen molar-refractivity contribution in [3.63, 3.8) is 0 Å². The Balaban J connectivity index is 1.32. The van der Waals surface area contributed by atoms with Crippen LogP contribution in [0.2, 0.25) is 5.02 Å². The van der Waals surface area contributed by atoms with Gasteiger partial charge in [0, 0.05) is 33.3 Å². The van der Waals surface area contributed by atoms with Crippen LogP contribution in [0.15, 0.2) is 54.4 Å². The standard InChI is InChI=1S/C26H21ClFN7O2S/c1-37-26(36)24-23(28)19(12-38-24)21-11-30-25(32-21)18(8-14-2-3-14)20-6-4-15(10-29-20)17-9-16(27)5-7-22(17)35-13-31-33-34-35/h4-7,9-14,18H,2-3,8H2,1H3,(H,30,32)/p+1. The predicted octanol–water partition coefficient (Wildman–Crippen LogP) is 5.11. The average Bonchev–Trinajstić information content (AvgIpc) is 3.29. The van der Waals surface area contributed by atoms with Crippen molar-refractivity contribution in [2.24, 2.45) is 5.92 Å². The normalized spacial score (nSPS) is 14.0. The molecule has 6 rings (SSSR count). The van der Waals surface area contributed by atoms with Crippen molar-refractivity contribution in [1.82, 2.24) is 30.5 Å². The number of methoxy groups -OCH3 is 1. The Bertz CT molecular complexity index is 1600. The third kappa shape index (κ3) is 4.70. The highest BCUT2D eigenvalue weighted by Crippen LogP contribution is 2.41. The van der Waals surface area contributed by atoms with E-state index >= 15 is 0 Å². The van der Waals surface area contributed by atoms with E-state index in [-0.39, 0.29) is 10.8 Å². The molecule has 1 atom stereocenters. The molecule has 0 saturated heterocycles. The molecule has 4 heterocycles. The van der Waals surface area contributed by atoms with E-state index in [1.165, 1.54) is 20.0 Å². The molecule has 0 bridgehead atoms. The maximum absolute atomic E-state index is 14.9. The number of nitrogens with zero attached hydrogens (tertiary/aromatic N) is 5. The first-order valence-corrected chi connectivity index (χ1v) is 13.2. The fraction of sp³-hybridized carbons (Fsp3) is 0.231. The summed E-state index contributed by atoms with van der Waals surface area (Å²) < 4.78 is 21.3. The van der Waals surface area contributed by atoms with Gasteiger partial charge in [0.25, 0.3) is 6.33 Å². The summed E-state index contributed by atoms with van der Waals surface area (Å²) in [6.07, 6.45) is 8.23. The van der Waals surface area contributed by atoms with E-state index in [0.717, 1.165) is 40.3 Å². The molecule has 38 heavy (non-hydrogen) atoms. The van der Waals surface area contributed by atoms with E-state index in [1.54, 1.807) is 28.7 Å². The molecule has 9 nitrogen and oxygen atoms in total. The fourth-order valence-electron chi connectivity index (χ4n) is 4.48. The molecule has 0 amide bonds. The van der Waals surface area contributed by atoms with E-state index < -0.39 is 11.8 Å². The summed E-state index contributed by atoms with van der Waals surface area (Å²) in [4.78, 5) is 24.5. The van der Waals surface area contributed by atoms with Crippen LogP contribution in [0.3, 0.4) is 0 Å². The number of hydrogen-bond donors (Lipinski definition) is 2. The van der Waals surface area contributed by atoms with Crippen LogP contribution < -0.4 is 4.68 Å². The lowest BCUT2D eigenvalue weighted by atomic mass is 9.96. The monoisotopic (exact) mass is 550 g/mol. The number of aromatic nitrogens is 7. The second-order valence-electron chi connectivity index (χ2n) is 9.13. The highest BCUT2D eigenvalue weighted by molar-refractivity contribution is 7.12. The third-order valence-corrected chi connectivity index (χ3v) is 7.80. The minimum absolute atomic E-state index is 0.0603. The summed E-state index contributed by atoms with van der Waals surface area (Å²) in [7, 11) is 1.23. The second kappa shape index (κ2) is 10.1. The van der Waals surface area contributed by atoms with Crippen LogP contribution in [0, 0.1) is 11.7 Å². The summed E-state index contributed by atoms with van der Waals surface area (Å²) >= 11 is 7.32. The number of halogens is 2. The zero-order chi connectivity index (χ0) is 26.2. The molecule has 2 N–H and O–H groups in total. The largest absolute Gasteiger partial charge is 0.465 e. The Labute approximate surface area is 225 Å². The van der Waals surface area contributed by atoms with Crippen LogP contribution in [0.25, 0.3) is 28.1 Å². The van der Waals surface area contributed by atoms with Crippen LogP contribution in [0.5, 0.6) is 0 Å². The number of pyridine rings is 1. The van der Waals surface area contributed by atoms with Crippen LogP contribution in [-0.4, -0.2) is 43.6 Å². The lowest BCUT2D eigenvalue weighted by molar-refractivity contribution is -0.659. The number of carbonyl (C=O) groups excluding carboxylic acids is 1. The van der Waals surface area contributed by atoms with Gasteiger partial charge in [0.05, 0.1) is 30.6 Å². The van der Waals surface area contributed by atoms with E-state index in [9.17, 15) is 9.18 Å². The van der Waals surface area contributed by atoms with Crippen LogP contribution in [-0.2, 0) is 4.74 Å². The van der Waals surface area contributed by atoms with Gasteiger partial charge in [-0.15, -0.1) is 16.0 Å². The molecule has 12 heteroatoms. The number of ether oxygens (including phenoxy) is 1. The number of H-pyrrole nitrogens is 2. The number of nitrogens with one attached hydrogen (secondary N) is 2. The molecule has 1 fully saturated rings. The molecule has 4 aromatic heterocycles. The van der Waals surface area contributed by atoms with Gasteiger partial charge < -0.3 is 9.72 Å². The number of esters is 1. The van der Waals surface area contributed by atoms with Crippen molar-refractivity contribution < 1.29 is 18.6 Å². The van der Waals surface area contributed by atoms with Crippen molar-refractivity contribution in [3.05, 3.63) is 81.7 Å². The zero-order valence-corrected chi connectivity index (χ0v) is 21.8. The number of imidazole rings is 1. The quantitative estimate of drug-likeness (QED) is 0.205. The SMILES string of the molecule is COC(=O)c1scc(-c2cnc(C(CC3CC3)c3ccc(-c4cc(Cl)ccc4-[n+]4cnn[nH]4)cn3)[nH]2)c1F. The van der Waals surface area contributed by atoms with Crippen molar-refractivity contribution in [3.8, 4) is 28.1 Å². The van der Waals surface area contributed by atoms with Crippen molar-refractivity contribution in [2.75, 3.05) is 7.11 Å². The van der Waals surface area contributed by atoms with E-state index in [0.29, 0.717) is 28.0 Å². The highest BCUT2D eigenvalue weighted by Gasteiger charge is 2.30. The van der Waals surface area contributed by atoms with Crippen molar-refractivity contribution in [2.45, 2.75) is 25.2 Å². The molecule has 192 valence electrons. The Morgan fingerprint density at radius 3 is 2.82 bits per heavy atom.